The molecule has 1 saturated carbocycles. The van der Waals surface area contributed by atoms with Crippen LogP contribution < -0.4 is 11.1 Å². The number of imidazole rings is 1. The molecule has 3 aromatic heterocycles. The number of nitrogens with one attached hydrogen (secondary N) is 1. The molecule has 7 nitrogen and oxygen atoms in total. The Morgan fingerprint density at radius 1 is 1.09 bits per heavy atom. The number of hydrogen-bond acceptors (Lipinski definition) is 5. The zero-order valence-corrected chi connectivity index (χ0v) is 17.3. The second-order valence-corrected chi connectivity index (χ2v) is 7.94. The third-order valence-corrected chi connectivity index (χ3v) is 5.83. The number of carbonyl (C=O) groups excluding carboxylic acids is 1. The number of nitrogens with zero attached hydrogens (tertiary/aromatic N) is 4. The summed E-state index contributed by atoms with van der Waals surface area (Å²) in [6.07, 6.45) is 3.29. The first kappa shape index (κ1) is 20.9. The van der Waals surface area contributed by atoms with Gasteiger partial charge in [-0.05, 0) is 37.1 Å². The van der Waals surface area contributed by atoms with Gasteiger partial charge in [0.2, 0.25) is 0 Å². The maximum Gasteiger partial charge on any atom is 0.416 e. The minimum atomic E-state index is -4.52. The molecule has 4 aromatic rings. The normalized spacial score (nSPS) is 14.3. The Hall–Kier alpha value is -3.95. The van der Waals surface area contributed by atoms with Gasteiger partial charge in [0.25, 0.3) is 5.91 Å². The highest BCUT2D eigenvalue weighted by Crippen LogP contribution is 2.39. The van der Waals surface area contributed by atoms with Crippen LogP contribution in [-0.2, 0) is 6.18 Å². The van der Waals surface area contributed by atoms with Crippen molar-refractivity contribution in [2.45, 2.75) is 31.4 Å². The van der Waals surface area contributed by atoms with Crippen LogP contribution >= 0.6 is 0 Å². The summed E-state index contributed by atoms with van der Waals surface area (Å²) in [5.74, 6) is 0.932. The fraction of sp³-hybridized carbons (Fsp3) is 0.217. The molecule has 33 heavy (non-hydrogen) atoms. The minimum Gasteiger partial charge on any atom is -0.382 e. The molecule has 1 fully saturated rings. The van der Waals surface area contributed by atoms with E-state index in [4.69, 9.17) is 10.7 Å². The molecule has 0 saturated heterocycles. The fourth-order valence-electron chi connectivity index (χ4n) is 3.89. The van der Waals surface area contributed by atoms with Crippen LogP contribution in [0.2, 0.25) is 0 Å². The zero-order valence-electron chi connectivity index (χ0n) is 17.3. The molecule has 1 aliphatic carbocycles. The Morgan fingerprint density at radius 3 is 2.52 bits per heavy atom. The number of benzene rings is 1. The number of anilines is 2. The van der Waals surface area contributed by atoms with Crippen molar-refractivity contribution in [2.75, 3.05) is 11.1 Å². The fourth-order valence-corrected chi connectivity index (χ4v) is 3.89. The molecule has 1 amide bonds. The van der Waals surface area contributed by atoms with Crippen LogP contribution in [0, 0.1) is 0 Å². The van der Waals surface area contributed by atoms with E-state index in [1.54, 1.807) is 30.5 Å². The van der Waals surface area contributed by atoms with Crippen LogP contribution in [0.25, 0.3) is 16.8 Å². The third-order valence-electron chi connectivity index (χ3n) is 5.83. The SMILES string of the molecule is Nc1nccn2c(C3CCC3)nc(-c3ccc(C(=O)Nc4cc(C(F)(F)F)ccn4)cc3)c12. The van der Waals surface area contributed by atoms with Gasteiger partial charge in [-0.3, -0.25) is 9.20 Å². The van der Waals surface area contributed by atoms with Crippen molar-refractivity contribution >= 4 is 23.1 Å². The minimum absolute atomic E-state index is 0.178. The van der Waals surface area contributed by atoms with Gasteiger partial charge in [-0.2, -0.15) is 13.2 Å². The second kappa shape index (κ2) is 7.88. The summed E-state index contributed by atoms with van der Waals surface area (Å²) in [4.78, 5) is 25.4. The van der Waals surface area contributed by atoms with E-state index in [-0.39, 0.29) is 11.4 Å². The van der Waals surface area contributed by atoms with E-state index in [0.717, 1.165) is 42.6 Å². The van der Waals surface area contributed by atoms with Crippen molar-refractivity contribution in [1.82, 2.24) is 19.4 Å². The molecule has 3 heterocycles. The largest absolute Gasteiger partial charge is 0.416 e. The second-order valence-electron chi connectivity index (χ2n) is 7.94. The number of fused-ring (bicyclic) bond motifs is 1. The Balaban J connectivity index is 1.43. The van der Waals surface area contributed by atoms with Gasteiger partial charge in [-0.15, -0.1) is 0 Å². The van der Waals surface area contributed by atoms with Crippen molar-refractivity contribution in [3.8, 4) is 11.3 Å². The number of nitrogen functional groups attached to an aromatic ring is 1. The summed E-state index contributed by atoms with van der Waals surface area (Å²) in [5.41, 5.74) is 7.68. The predicted molar refractivity (Wildman–Crippen MR) is 117 cm³/mol. The molecule has 3 N–H and O–H groups in total. The molecule has 0 radical (unpaired) electrons. The maximum atomic E-state index is 12.9. The van der Waals surface area contributed by atoms with Crippen LogP contribution in [0.3, 0.4) is 0 Å². The maximum absolute atomic E-state index is 12.9. The summed E-state index contributed by atoms with van der Waals surface area (Å²) in [5, 5.41) is 2.40. The molecular weight excluding hydrogens is 433 g/mol. The summed E-state index contributed by atoms with van der Waals surface area (Å²) in [6, 6.07) is 8.26. The highest BCUT2D eigenvalue weighted by molar-refractivity contribution is 6.04. The van der Waals surface area contributed by atoms with E-state index in [1.807, 2.05) is 10.6 Å². The molecule has 0 aliphatic heterocycles. The molecule has 0 spiro atoms. The average Bonchev–Trinajstić information content (AvgIpc) is 3.13. The van der Waals surface area contributed by atoms with Gasteiger partial charge in [-0.1, -0.05) is 18.6 Å². The molecule has 1 aliphatic rings. The van der Waals surface area contributed by atoms with Gasteiger partial charge in [0.1, 0.15) is 28.7 Å². The van der Waals surface area contributed by atoms with Crippen LogP contribution in [0.4, 0.5) is 24.8 Å². The van der Waals surface area contributed by atoms with E-state index in [0.29, 0.717) is 22.9 Å². The first-order valence-corrected chi connectivity index (χ1v) is 10.4. The molecule has 0 bridgehead atoms. The number of halogens is 3. The molecule has 0 atom stereocenters. The standard InChI is InChI=1S/C23H19F3N6O/c24-23(25,26)16-8-9-28-17(12-16)30-22(33)15-6-4-13(5-7-15)18-19-20(27)29-10-11-32(19)21(31-18)14-2-1-3-14/h4-12,14H,1-3H2,(H2,27,29)(H,28,30,33). The van der Waals surface area contributed by atoms with E-state index in [2.05, 4.69) is 15.3 Å². The number of nitrogens with two attached hydrogens (primary N) is 1. The summed E-state index contributed by atoms with van der Waals surface area (Å²) in [6.45, 7) is 0. The first-order valence-electron chi connectivity index (χ1n) is 10.4. The van der Waals surface area contributed by atoms with Crippen LogP contribution in [0.15, 0.2) is 55.0 Å². The van der Waals surface area contributed by atoms with Gasteiger partial charge in [0.15, 0.2) is 0 Å². The number of carbonyl (C=O) groups is 1. The molecular formula is C23H19F3N6O. The van der Waals surface area contributed by atoms with Crippen molar-refractivity contribution in [3.63, 3.8) is 0 Å². The van der Waals surface area contributed by atoms with Gasteiger partial charge in [-0.25, -0.2) is 15.0 Å². The molecule has 5 rings (SSSR count). The van der Waals surface area contributed by atoms with E-state index >= 15 is 0 Å². The van der Waals surface area contributed by atoms with E-state index in [9.17, 15) is 18.0 Å². The van der Waals surface area contributed by atoms with Crippen molar-refractivity contribution in [1.29, 1.82) is 0 Å². The Morgan fingerprint density at radius 2 is 1.85 bits per heavy atom. The van der Waals surface area contributed by atoms with Crippen LogP contribution in [-0.4, -0.2) is 25.3 Å². The summed E-state index contributed by atoms with van der Waals surface area (Å²) >= 11 is 0. The molecule has 1 aromatic carbocycles. The van der Waals surface area contributed by atoms with Crippen molar-refractivity contribution in [2.24, 2.45) is 0 Å². The Labute approximate surface area is 186 Å². The van der Waals surface area contributed by atoms with Crippen molar-refractivity contribution < 1.29 is 18.0 Å². The number of pyridine rings is 1. The van der Waals surface area contributed by atoms with Crippen LogP contribution in [0.1, 0.15) is 46.9 Å². The summed E-state index contributed by atoms with van der Waals surface area (Å²) < 4.78 is 40.6. The monoisotopic (exact) mass is 452 g/mol. The lowest BCUT2D eigenvalue weighted by Crippen LogP contribution is -2.14. The highest BCUT2D eigenvalue weighted by Gasteiger charge is 2.31. The lowest BCUT2D eigenvalue weighted by Gasteiger charge is -2.23. The van der Waals surface area contributed by atoms with Gasteiger partial charge in [0, 0.05) is 35.6 Å². The quantitative estimate of drug-likeness (QED) is 0.458. The number of amides is 1. The number of hydrogen-bond donors (Lipinski definition) is 2. The number of rotatable bonds is 4. The zero-order chi connectivity index (χ0) is 23.2. The molecule has 168 valence electrons. The lowest BCUT2D eigenvalue weighted by atomic mass is 9.85. The Kier molecular flexibility index (Phi) is 4.99. The summed E-state index contributed by atoms with van der Waals surface area (Å²) in [7, 11) is 0. The number of aromatic nitrogens is 4. The van der Waals surface area contributed by atoms with Gasteiger partial charge >= 0.3 is 6.18 Å². The lowest BCUT2D eigenvalue weighted by molar-refractivity contribution is -0.137. The average molecular weight is 452 g/mol. The van der Waals surface area contributed by atoms with Gasteiger partial charge < -0.3 is 11.1 Å². The molecule has 10 heteroatoms. The smallest absolute Gasteiger partial charge is 0.382 e. The highest BCUT2D eigenvalue weighted by atomic mass is 19.4. The van der Waals surface area contributed by atoms with E-state index in [1.165, 1.54) is 6.42 Å². The van der Waals surface area contributed by atoms with Crippen LogP contribution in [0.5, 0.6) is 0 Å². The predicted octanol–water partition coefficient (Wildman–Crippen LogP) is 4.91. The van der Waals surface area contributed by atoms with Gasteiger partial charge in [0.05, 0.1) is 5.56 Å². The third kappa shape index (κ3) is 3.88. The molecule has 0 unspecified atom stereocenters. The Bertz CT molecular complexity index is 1340. The first-order chi connectivity index (χ1) is 15.8. The number of alkyl halides is 3. The topological polar surface area (TPSA) is 98.2 Å². The van der Waals surface area contributed by atoms with Crippen molar-refractivity contribution in [3.05, 3.63) is 71.9 Å². The van der Waals surface area contributed by atoms with E-state index < -0.39 is 17.6 Å².